The number of rotatable bonds is 5. The molecule has 120 valence electrons. The van der Waals surface area contributed by atoms with Crippen molar-refractivity contribution in [2.45, 2.75) is 6.92 Å². The molecular formula is C17H14BrCl2NO2. The molecule has 0 spiro atoms. The van der Waals surface area contributed by atoms with Crippen molar-refractivity contribution in [3.8, 4) is 5.75 Å². The molecule has 0 radical (unpaired) electrons. The van der Waals surface area contributed by atoms with Gasteiger partial charge in [0.05, 0.1) is 6.61 Å². The lowest BCUT2D eigenvalue weighted by Gasteiger charge is -2.07. The van der Waals surface area contributed by atoms with Gasteiger partial charge in [0.15, 0.2) is 0 Å². The Morgan fingerprint density at radius 1 is 1.22 bits per heavy atom. The minimum atomic E-state index is -0.286. The van der Waals surface area contributed by atoms with Gasteiger partial charge in [-0.15, -0.1) is 0 Å². The van der Waals surface area contributed by atoms with Gasteiger partial charge in [0, 0.05) is 31.8 Å². The normalized spacial score (nSPS) is 10.8. The molecule has 1 N–H and O–H groups in total. The van der Waals surface area contributed by atoms with Gasteiger partial charge in [-0.05, 0) is 49.4 Å². The summed E-state index contributed by atoms with van der Waals surface area (Å²) in [5.74, 6) is 0.427. The highest BCUT2D eigenvalue weighted by molar-refractivity contribution is 9.10. The molecule has 0 aliphatic rings. The van der Waals surface area contributed by atoms with Crippen molar-refractivity contribution in [2.75, 3.05) is 11.9 Å². The molecule has 0 saturated carbocycles. The van der Waals surface area contributed by atoms with Crippen molar-refractivity contribution >= 4 is 56.8 Å². The molecule has 6 heteroatoms. The van der Waals surface area contributed by atoms with Crippen LogP contribution in [0.5, 0.6) is 5.75 Å². The molecule has 1 amide bonds. The average molecular weight is 415 g/mol. The zero-order valence-electron chi connectivity index (χ0n) is 12.3. The molecule has 0 aromatic heterocycles. The van der Waals surface area contributed by atoms with Crippen LogP contribution in [0.4, 0.5) is 5.69 Å². The molecule has 0 unspecified atom stereocenters. The zero-order valence-corrected chi connectivity index (χ0v) is 15.4. The van der Waals surface area contributed by atoms with E-state index in [1.165, 1.54) is 6.08 Å². The van der Waals surface area contributed by atoms with Gasteiger partial charge in [0.1, 0.15) is 5.75 Å². The maximum Gasteiger partial charge on any atom is 0.248 e. The Morgan fingerprint density at radius 2 is 1.91 bits per heavy atom. The van der Waals surface area contributed by atoms with Crippen LogP contribution in [0.2, 0.25) is 10.0 Å². The average Bonchev–Trinajstić information content (AvgIpc) is 2.46. The van der Waals surface area contributed by atoms with Crippen LogP contribution in [-0.4, -0.2) is 12.5 Å². The third-order valence-electron chi connectivity index (χ3n) is 2.82. The molecule has 2 aromatic rings. The summed E-state index contributed by atoms with van der Waals surface area (Å²) in [4.78, 5) is 12.0. The number of hydrogen-bond donors (Lipinski definition) is 1. The summed E-state index contributed by atoms with van der Waals surface area (Å²) in [5.41, 5.74) is 1.34. The zero-order chi connectivity index (χ0) is 16.8. The maximum atomic E-state index is 12.0. The predicted molar refractivity (Wildman–Crippen MR) is 99.4 cm³/mol. The van der Waals surface area contributed by atoms with Crippen LogP contribution in [0.25, 0.3) is 6.08 Å². The highest BCUT2D eigenvalue weighted by atomic mass is 79.9. The Balaban J connectivity index is 2.13. The Kier molecular flexibility index (Phi) is 6.51. The number of nitrogens with one attached hydrogen (secondary N) is 1. The maximum absolute atomic E-state index is 12.0. The van der Waals surface area contributed by atoms with Crippen LogP contribution in [-0.2, 0) is 4.79 Å². The van der Waals surface area contributed by atoms with Crippen molar-refractivity contribution in [1.29, 1.82) is 0 Å². The largest absolute Gasteiger partial charge is 0.493 e. The summed E-state index contributed by atoms with van der Waals surface area (Å²) in [6, 6.07) is 10.5. The van der Waals surface area contributed by atoms with Gasteiger partial charge >= 0.3 is 0 Å². The van der Waals surface area contributed by atoms with E-state index in [-0.39, 0.29) is 5.91 Å². The lowest BCUT2D eigenvalue weighted by Crippen LogP contribution is -2.07. The van der Waals surface area contributed by atoms with Crippen LogP contribution in [0.3, 0.4) is 0 Å². The van der Waals surface area contributed by atoms with Gasteiger partial charge in [-0.3, -0.25) is 4.79 Å². The van der Waals surface area contributed by atoms with Crippen LogP contribution >= 0.6 is 39.1 Å². The van der Waals surface area contributed by atoms with E-state index < -0.39 is 0 Å². The third kappa shape index (κ3) is 5.57. The van der Waals surface area contributed by atoms with Gasteiger partial charge in [-0.1, -0.05) is 39.1 Å². The first kappa shape index (κ1) is 17.9. The summed E-state index contributed by atoms with van der Waals surface area (Å²) in [5, 5.41) is 3.63. The molecule has 2 rings (SSSR count). The van der Waals surface area contributed by atoms with E-state index in [0.717, 1.165) is 10.0 Å². The Hall–Kier alpha value is -1.49. The van der Waals surface area contributed by atoms with Crippen molar-refractivity contribution in [2.24, 2.45) is 0 Å². The molecule has 23 heavy (non-hydrogen) atoms. The van der Waals surface area contributed by atoms with Gasteiger partial charge in [-0.25, -0.2) is 0 Å². The summed E-state index contributed by atoms with van der Waals surface area (Å²) in [6.07, 6.45) is 3.12. The minimum Gasteiger partial charge on any atom is -0.493 e. The summed E-state index contributed by atoms with van der Waals surface area (Å²) in [7, 11) is 0. The number of anilines is 1. The second-order valence-electron chi connectivity index (χ2n) is 4.60. The Bertz CT molecular complexity index is 727. The smallest absolute Gasteiger partial charge is 0.248 e. The third-order valence-corrected chi connectivity index (χ3v) is 3.75. The summed E-state index contributed by atoms with van der Waals surface area (Å²) >= 11 is 15.2. The number of halogens is 3. The standard InChI is InChI=1S/C17H14BrCl2NO2/c1-2-23-16-5-4-12(18)7-11(16)3-6-17(22)21-15-9-13(19)8-14(20)10-15/h3-10H,2H2,1H3,(H,21,22)/b6-3+. The number of carbonyl (C=O) groups excluding carboxylic acids is 1. The molecule has 0 aliphatic heterocycles. The Labute approximate surface area is 153 Å². The number of hydrogen-bond acceptors (Lipinski definition) is 2. The van der Waals surface area contributed by atoms with Crippen molar-refractivity contribution in [3.05, 3.63) is 62.6 Å². The first-order chi connectivity index (χ1) is 11.0. The molecule has 0 heterocycles. The van der Waals surface area contributed by atoms with Crippen molar-refractivity contribution in [1.82, 2.24) is 0 Å². The molecular weight excluding hydrogens is 401 g/mol. The quantitative estimate of drug-likeness (QED) is 0.627. The molecule has 0 fully saturated rings. The van der Waals surface area contributed by atoms with Crippen LogP contribution in [0.1, 0.15) is 12.5 Å². The fraction of sp³-hybridized carbons (Fsp3) is 0.118. The van der Waals surface area contributed by atoms with E-state index in [1.54, 1.807) is 24.3 Å². The summed E-state index contributed by atoms with van der Waals surface area (Å²) in [6.45, 7) is 2.46. The highest BCUT2D eigenvalue weighted by Crippen LogP contribution is 2.25. The van der Waals surface area contributed by atoms with E-state index in [9.17, 15) is 4.79 Å². The topological polar surface area (TPSA) is 38.3 Å². The van der Waals surface area contributed by atoms with Gasteiger partial charge in [-0.2, -0.15) is 0 Å². The number of amides is 1. The number of benzene rings is 2. The van der Waals surface area contributed by atoms with Gasteiger partial charge in [0.25, 0.3) is 0 Å². The molecule has 0 aliphatic carbocycles. The Morgan fingerprint density at radius 3 is 2.57 bits per heavy atom. The van der Waals surface area contributed by atoms with Crippen molar-refractivity contribution in [3.63, 3.8) is 0 Å². The first-order valence-electron chi connectivity index (χ1n) is 6.85. The van der Waals surface area contributed by atoms with Crippen LogP contribution in [0.15, 0.2) is 46.9 Å². The fourth-order valence-electron chi connectivity index (χ4n) is 1.91. The fourth-order valence-corrected chi connectivity index (χ4v) is 2.82. The molecule has 2 aromatic carbocycles. The lowest BCUT2D eigenvalue weighted by atomic mass is 10.2. The van der Waals surface area contributed by atoms with E-state index in [2.05, 4.69) is 21.2 Å². The van der Waals surface area contributed by atoms with Crippen LogP contribution < -0.4 is 10.1 Å². The summed E-state index contributed by atoms with van der Waals surface area (Å²) < 4.78 is 6.44. The van der Waals surface area contributed by atoms with E-state index in [1.807, 2.05) is 25.1 Å². The molecule has 3 nitrogen and oxygen atoms in total. The van der Waals surface area contributed by atoms with E-state index in [0.29, 0.717) is 28.1 Å². The predicted octanol–water partition coefficient (Wildman–Crippen LogP) is 5.81. The monoisotopic (exact) mass is 413 g/mol. The minimum absolute atomic E-state index is 0.286. The molecule has 0 bridgehead atoms. The first-order valence-corrected chi connectivity index (χ1v) is 8.40. The van der Waals surface area contributed by atoms with E-state index >= 15 is 0 Å². The number of ether oxygens (including phenoxy) is 1. The van der Waals surface area contributed by atoms with E-state index in [4.69, 9.17) is 27.9 Å². The lowest BCUT2D eigenvalue weighted by molar-refractivity contribution is -0.111. The molecule has 0 saturated heterocycles. The SMILES string of the molecule is CCOc1ccc(Br)cc1/C=C/C(=O)Nc1cc(Cl)cc(Cl)c1. The van der Waals surface area contributed by atoms with Gasteiger partial charge in [0.2, 0.25) is 5.91 Å². The van der Waals surface area contributed by atoms with Crippen molar-refractivity contribution < 1.29 is 9.53 Å². The van der Waals surface area contributed by atoms with Gasteiger partial charge < -0.3 is 10.1 Å². The van der Waals surface area contributed by atoms with Crippen LogP contribution in [0, 0.1) is 0 Å². The second kappa shape index (κ2) is 8.39. The number of carbonyl (C=O) groups is 1. The highest BCUT2D eigenvalue weighted by Gasteiger charge is 2.04. The second-order valence-corrected chi connectivity index (χ2v) is 6.38. The molecule has 0 atom stereocenters.